The van der Waals surface area contributed by atoms with Gasteiger partial charge in [-0.1, -0.05) is 35.0 Å². The third-order valence-corrected chi connectivity index (χ3v) is 5.24. The summed E-state index contributed by atoms with van der Waals surface area (Å²) in [6.07, 6.45) is 3.95. The Morgan fingerprint density at radius 1 is 1.42 bits per heavy atom. The van der Waals surface area contributed by atoms with Crippen molar-refractivity contribution in [3.05, 3.63) is 34.3 Å². The Morgan fingerprint density at radius 3 is 3.11 bits per heavy atom. The molecule has 0 amide bonds. The summed E-state index contributed by atoms with van der Waals surface area (Å²) in [7, 11) is 0. The molecule has 1 aromatic carbocycles. The van der Waals surface area contributed by atoms with Crippen molar-refractivity contribution in [2.75, 3.05) is 19.6 Å². The van der Waals surface area contributed by atoms with E-state index in [1.165, 1.54) is 48.9 Å². The van der Waals surface area contributed by atoms with Crippen molar-refractivity contribution in [2.45, 2.75) is 38.3 Å². The first-order chi connectivity index (χ1) is 9.29. The van der Waals surface area contributed by atoms with Gasteiger partial charge < -0.3 is 5.32 Å². The number of halogens is 1. The lowest BCUT2D eigenvalue weighted by atomic mass is 9.89. The number of likely N-dealkylation sites (tertiary alicyclic amines) is 1. The zero-order valence-electron chi connectivity index (χ0n) is 11.6. The number of nitrogens with one attached hydrogen (secondary N) is 1. The fraction of sp³-hybridized carbons (Fsp3) is 0.625. The van der Waals surface area contributed by atoms with Crippen LogP contribution < -0.4 is 5.32 Å². The largest absolute Gasteiger partial charge is 0.315 e. The Bertz CT molecular complexity index is 435. The third kappa shape index (κ3) is 2.74. The molecule has 19 heavy (non-hydrogen) atoms. The molecule has 2 saturated heterocycles. The molecule has 2 heterocycles. The predicted octanol–water partition coefficient (Wildman–Crippen LogP) is 3.58. The summed E-state index contributed by atoms with van der Waals surface area (Å²) in [6.45, 7) is 5.97. The summed E-state index contributed by atoms with van der Waals surface area (Å²) < 4.78 is 1.20. The number of rotatable bonds is 3. The quantitative estimate of drug-likeness (QED) is 0.915. The van der Waals surface area contributed by atoms with Gasteiger partial charge in [-0.3, -0.25) is 4.90 Å². The highest BCUT2D eigenvalue weighted by Gasteiger charge is 2.37. The van der Waals surface area contributed by atoms with Gasteiger partial charge in [0.2, 0.25) is 0 Å². The van der Waals surface area contributed by atoms with Gasteiger partial charge in [-0.15, -0.1) is 0 Å². The van der Waals surface area contributed by atoms with Crippen LogP contribution in [0.2, 0.25) is 0 Å². The van der Waals surface area contributed by atoms with Gasteiger partial charge >= 0.3 is 0 Å². The highest BCUT2D eigenvalue weighted by Crippen LogP contribution is 2.35. The van der Waals surface area contributed by atoms with Gasteiger partial charge in [0.15, 0.2) is 0 Å². The predicted molar refractivity (Wildman–Crippen MR) is 83.3 cm³/mol. The fourth-order valence-corrected chi connectivity index (χ4v) is 4.28. The second-order valence-corrected chi connectivity index (χ2v) is 6.76. The summed E-state index contributed by atoms with van der Waals surface area (Å²) in [5, 5.41) is 3.59. The van der Waals surface area contributed by atoms with Crippen molar-refractivity contribution >= 4 is 15.9 Å². The van der Waals surface area contributed by atoms with E-state index in [1.54, 1.807) is 0 Å². The van der Waals surface area contributed by atoms with Crippen LogP contribution in [0, 0.1) is 5.92 Å². The Kier molecular flexibility index (Phi) is 4.25. The van der Waals surface area contributed by atoms with Crippen molar-refractivity contribution in [2.24, 2.45) is 5.92 Å². The smallest absolute Gasteiger partial charge is 0.0349 e. The van der Waals surface area contributed by atoms with Crippen molar-refractivity contribution in [1.29, 1.82) is 0 Å². The van der Waals surface area contributed by atoms with Crippen LogP contribution in [-0.2, 0) is 0 Å². The minimum Gasteiger partial charge on any atom is -0.315 e. The summed E-state index contributed by atoms with van der Waals surface area (Å²) in [5.74, 6) is 0.870. The van der Waals surface area contributed by atoms with Gasteiger partial charge in [-0.05, 0) is 56.0 Å². The Labute approximate surface area is 124 Å². The number of hydrogen-bond donors (Lipinski definition) is 1. The second kappa shape index (κ2) is 5.94. The van der Waals surface area contributed by atoms with E-state index in [1.807, 2.05) is 0 Å². The average molecular weight is 323 g/mol. The molecular formula is C16H23BrN2. The lowest BCUT2D eigenvalue weighted by Gasteiger charge is -2.42. The first-order valence-electron chi connectivity index (χ1n) is 7.51. The van der Waals surface area contributed by atoms with E-state index in [0.717, 1.165) is 12.0 Å². The van der Waals surface area contributed by atoms with E-state index in [9.17, 15) is 0 Å². The molecule has 1 aromatic rings. The van der Waals surface area contributed by atoms with E-state index in [2.05, 4.69) is 57.3 Å². The molecule has 0 spiro atoms. The highest BCUT2D eigenvalue weighted by atomic mass is 79.9. The first kappa shape index (κ1) is 13.6. The first-order valence-corrected chi connectivity index (χ1v) is 8.31. The Balaban J connectivity index is 1.85. The van der Waals surface area contributed by atoms with Crippen LogP contribution >= 0.6 is 15.9 Å². The maximum Gasteiger partial charge on any atom is 0.0349 e. The number of piperidine rings is 1. The zero-order chi connectivity index (χ0) is 13.2. The lowest BCUT2D eigenvalue weighted by molar-refractivity contribution is 0.0744. The molecule has 2 aliphatic heterocycles. The molecule has 1 N–H and O–H groups in total. The number of hydrogen-bond acceptors (Lipinski definition) is 2. The van der Waals surface area contributed by atoms with Crippen molar-refractivity contribution in [3.63, 3.8) is 0 Å². The van der Waals surface area contributed by atoms with E-state index in [4.69, 9.17) is 0 Å². The van der Waals surface area contributed by atoms with E-state index < -0.39 is 0 Å². The van der Waals surface area contributed by atoms with Crippen molar-refractivity contribution < 1.29 is 0 Å². The van der Waals surface area contributed by atoms with E-state index in [-0.39, 0.29) is 0 Å². The molecule has 3 rings (SSSR count). The molecule has 3 heteroatoms. The molecule has 104 valence electrons. The Morgan fingerprint density at radius 2 is 2.32 bits per heavy atom. The van der Waals surface area contributed by atoms with Crippen LogP contribution in [0.1, 0.15) is 37.8 Å². The van der Waals surface area contributed by atoms with Crippen molar-refractivity contribution in [1.82, 2.24) is 10.2 Å². The van der Waals surface area contributed by atoms with Crippen LogP contribution in [-0.4, -0.2) is 30.6 Å². The van der Waals surface area contributed by atoms with Crippen LogP contribution in [0.25, 0.3) is 0 Å². The van der Waals surface area contributed by atoms with E-state index in [0.29, 0.717) is 6.04 Å². The molecule has 0 saturated carbocycles. The summed E-state index contributed by atoms with van der Waals surface area (Å²) in [6, 6.07) is 10.2. The van der Waals surface area contributed by atoms with Crippen LogP contribution in [0.4, 0.5) is 0 Å². The lowest BCUT2D eigenvalue weighted by Crippen LogP contribution is -2.46. The number of fused-ring (bicyclic) bond motifs is 1. The van der Waals surface area contributed by atoms with Gasteiger partial charge in [-0.25, -0.2) is 0 Å². The topological polar surface area (TPSA) is 15.3 Å². The van der Waals surface area contributed by atoms with Gasteiger partial charge in [0.25, 0.3) is 0 Å². The highest BCUT2D eigenvalue weighted by molar-refractivity contribution is 9.10. The zero-order valence-corrected chi connectivity index (χ0v) is 13.2. The van der Waals surface area contributed by atoms with Gasteiger partial charge in [-0.2, -0.15) is 0 Å². The molecule has 0 aromatic heterocycles. The minimum absolute atomic E-state index is 0.574. The molecule has 3 atom stereocenters. The minimum atomic E-state index is 0.574. The van der Waals surface area contributed by atoms with Gasteiger partial charge in [0.05, 0.1) is 0 Å². The van der Waals surface area contributed by atoms with Gasteiger partial charge in [0, 0.05) is 23.1 Å². The number of nitrogens with zero attached hydrogens (tertiary/aromatic N) is 1. The monoisotopic (exact) mass is 322 g/mol. The molecule has 2 aliphatic rings. The normalized spacial score (nSPS) is 29.2. The molecule has 0 bridgehead atoms. The van der Waals surface area contributed by atoms with E-state index >= 15 is 0 Å². The Hall–Kier alpha value is -0.380. The summed E-state index contributed by atoms with van der Waals surface area (Å²) in [4.78, 5) is 2.76. The molecule has 3 unspecified atom stereocenters. The third-order valence-electron chi connectivity index (χ3n) is 4.74. The summed E-state index contributed by atoms with van der Waals surface area (Å²) in [5.41, 5.74) is 1.46. The standard InChI is InChI=1S/C16H23BrN2/c1-2-15(12-5-3-7-14(17)9-12)19-8-4-6-13-10-18-11-16(13)19/h3,5,7,9,13,15-16,18H,2,4,6,8,10-11H2,1H3. The SMILES string of the molecule is CCC(c1cccc(Br)c1)N1CCCC2CNCC21. The van der Waals surface area contributed by atoms with Crippen molar-refractivity contribution in [3.8, 4) is 0 Å². The maximum absolute atomic E-state index is 3.61. The second-order valence-electron chi connectivity index (χ2n) is 5.84. The van der Waals surface area contributed by atoms with Crippen LogP contribution in [0.3, 0.4) is 0 Å². The molecule has 2 nitrogen and oxygen atoms in total. The molecule has 0 aliphatic carbocycles. The van der Waals surface area contributed by atoms with Crippen LogP contribution in [0.5, 0.6) is 0 Å². The fourth-order valence-electron chi connectivity index (χ4n) is 3.87. The van der Waals surface area contributed by atoms with Crippen LogP contribution in [0.15, 0.2) is 28.7 Å². The van der Waals surface area contributed by atoms with Gasteiger partial charge in [0.1, 0.15) is 0 Å². The molecular weight excluding hydrogens is 300 g/mol. The molecule has 0 radical (unpaired) electrons. The summed E-state index contributed by atoms with van der Waals surface area (Å²) >= 11 is 3.61. The number of benzene rings is 1. The average Bonchev–Trinajstić information content (AvgIpc) is 2.89. The maximum atomic E-state index is 3.61. The molecule has 2 fully saturated rings.